The van der Waals surface area contributed by atoms with Gasteiger partial charge in [-0.05, 0) is 50.1 Å². The molecule has 1 aliphatic rings. The summed E-state index contributed by atoms with van der Waals surface area (Å²) in [6.07, 6.45) is 1.81. The number of carbonyl (C=O) groups excluding carboxylic acids is 1. The van der Waals surface area contributed by atoms with Crippen LogP contribution in [0.3, 0.4) is 0 Å². The van der Waals surface area contributed by atoms with Crippen molar-refractivity contribution >= 4 is 16.9 Å². The first-order chi connectivity index (χ1) is 14.1. The summed E-state index contributed by atoms with van der Waals surface area (Å²) in [5.74, 6) is 2.47. The number of methoxy groups -OCH3 is 3. The van der Waals surface area contributed by atoms with E-state index in [1.54, 1.807) is 21.3 Å². The van der Waals surface area contributed by atoms with Gasteiger partial charge in [-0.2, -0.15) is 0 Å². The van der Waals surface area contributed by atoms with Crippen LogP contribution in [0.25, 0.3) is 11.0 Å². The molecular formula is C23H25NO5. The zero-order valence-electron chi connectivity index (χ0n) is 17.2. The Bertz CT molecular complexity index is 1050. The van der Waals surface area contributed by atoms with Crippen molar-refractivity contribution in [3.8, 4) is 17.2 Å². The number of ether oxygens (including phenoxy) is 3. The van der Waals surface area contributed by atoms with E-state index < -0.39 is 0 Å². The normalized spacial score (nSPS) is 16.3. The van der Waals surface area contributed by atoms with Crippen LogP contribution in [-0.4, -0.2) is 38.7 Å². The Hall–Kier alpha value is -3.15. The van der Waals surface area contributed by atoms with Gasteiger partial charge in [0.15, 0.2) is 5.76 Å². The maximum atomic E-state index is 13.4. The van der Waals surface area contributed by atoms with Gasteiger partial charge < -0.3 is 23.5 Å². The Morgan fingerprint density at radius 2 is 1.76 bits per heavy atom. The minimum Gasteiger partial charge on any atom is -0.497 e. The highest BCUT2D eigenvalue weighted by atomic mass is 16.5. The van der Waals surface area contributed by atoms with E-state index in [2.05, 4.69) is 0 Å². The Morgan fingerprint density at radius 3 is 2.48 bits per heavy atom. The number of benzene rings is 2. The van der Waals surface area contributed by atoms with Crippen molar-refractivity contribution in [3.05, 3.63) is 53.3 Å². The van der Waals surface area contributed by atoms with Gasteiger partial charge >= 0.3 is 0 Å². The minimum absolute atomic E-state index is 0.0643. The molecular weight excluding hydrogens is 370 g/mol. The number of furan rings is 1. The molecule has 152 valence electrons. The summed E-state index contributed by atoms with van der Waals surface area (Å²) in [4.78, 5) is 15.3. The van der Waals surface area contributed by atoms with Crippen molar-refractivity contribution < 1.29 is 23.4 Å². The van der Waals surface area contributed by atoms with Crippen LogP contribution in [0, 0.1) is 6.92 Å². The van der Waals surface area contributed by atoms with E-state index in [4.69, 9.17) is 18.6 Å². The maximum absolute atomic E-state index is 13.4. The number of hydrogen-bond donors (Lipinski definition) is 0. The second kappa shape index (κ2) is 7.70. The van der Waals surface area contributed by atoms with E-state index in [1.165, 1.54) is 0 Å². The van der Waals surface area contributed by atoms with Crippen molar-refractivity contribution in [1.29, 1.82) is 0 Å². The van der Waals surface area contributed by atoms with Gasteiger partial charge in [-0.25, -0.2) is 0 Å². The van der Waals surface area contributed by atoms with E-state index in [0.717, 1.165) is 46.6 Å². The number of carbonyl (C=O) groups is 1. The summed E-state index contributed by atoms with van der Waals surface area (Å²) in [6, 6.07) is 11.2. The van der Waals surface area contributed by atoms with Crippen LogP contribution in [-0.2, 0) is 0 Å². The molecule has 29 heavy (non-hydrogen) atoms. The quantitative estimate of drug-likeness (QED) is 0.624. The third-order valence-corrected chi connectivity index (χ3v) is 5.65. The van der Waals surface area contributed by atoms with Crippen molar-refractivity contribution in [2.24, 2.45) is 0 Å². The molecule has 0 bridgehead atoms. The van der Waals surface area contributed by atoms with E-state index >= 15 is 0 Å². The maximum Gasteiger partial charge on any atom is 0.290 e. The van der Waals surface area contributed by atoms with E-state index in [1.807, 2.05) is 48.2 Å². The summed E-state index contributed by atoms with van der Waals surface area (Å²) in [7, 11) is 4.88. The van der Waals surface area contributed by atoms with Gasteiger partial charge in [0, 0.05) is 29.1 Å². The Balaban J connectivity index is 1.70. The molecule has 0 radical (unpaired) electrons. The highest BCUT2D eigenvalue weighted by molar-refractivity contribution is 5.99. The lowest BCUT2D eigenvalue weighted by atomic mass is 10.0. The van der Waals surface area contributed by atoms with Gasteiger partial charge in [0.2, 0.25) is 0 Å². The summed E-state index contributed by atoms with van der Waals surface area (Å²) in [5.41, 5.74) is 2.50. The van der Waals surface area contributed by atoms with Gasteiger partial charge in [-0.15, -0.1) is 0 Å². The summed E-state index contributed by atoms with van der Waals surface area (Å²) in [6.45, 7) is 2.59. The number of fused-ring (bicyclic) bond motifs is 1. The number of hydrogen-bond acceptors (Lipinski definition) is 5. The highest BCUT2D eigenvalue weighted by Gasteiger charge is 2.35. The number of amides is 1. The fourth-order valence-corrected chi connectivity index (χ4v) is 4.09. The van der Waals surface area contributed by atoms with E-state index in [9.17, 15) is 4.79 Å². The summed E-state index contributed by atoms with van der Waals surface area (Å²) in [5, 5.41) is 0.894. The Labute approximate surface area is 170 Å². The van der Waals surface area contributed by atoms with Gasteiger partial charge in [0.1, 0.15) is 22.8 Å². The summed E-state index contributed by atoms with van der Waals surface area (Å²) < 4.78 is 22.1. The molecule has 2 aromatic carbocycles. The number of nitrogens with zero attached hydrogens (tertiary/aromatic N) is 1. The molecule has 0 spiro atoms. The Kier molecular flexibility index (Phi) is 5.09. The molecule has 1 aromatic heterocycles. The number of rotatable bonds is 5. The highest BCUT2D eigenvalue weighted by Crippen LogP contribution is 2.40. The molecule has 1 amide bonds. The van der Waals surface area contributed by atoms with E-state index in [-0.39, 0.29) is 11.9 Å². The topological polar surface area (TPSA) is 61.1 Å². The lowest BCUT2D eigenvalue weighted by molar-refractivity contribution is 0.0703. The Morgan fingerprint density at radius 1 is 1.03 bits per heavy atom. The van der Waals surface area contributed by atoms with Gasteiger partial charge in [-0.3, -0.25) is 4.79 Å². The minimum atomic E-state index is -0.0990. The van der Waals surface area contributed by atoms with Crippen LogP contribution in [0.15, 0.2) is 40.8 Å². The lowest BCUT2D eigenvalue weighted by Gasteiger charge is -2.26. The van der Waals surface area contributed by atoms with Crippen molar-refractivity contribution in [2.45, 2.75) is 25.8 Å². The van der Waals surface area contributed by atoms with Crippen molar-refractivity contribution in [2.75, 3.05) is 27.9 Å². The molecule has 1 atom stereocenters. The van der Waals surface area contributed by atoms with Gasteiger partial charge in [0.25, 0.3) is 5.91 Å². The van der Waals surface area contributed by atoms with Crippen LogP contribution in [0.5, 0.6) is 17.2 Å². The average molecular weight is 395 g/mol. The molecule has 0 aliphatic carbocycles. The number of aryl methyl sites for hydroxylation is 1. The third-order valence-electron chi connectivity index (χ3n) is 5.65. The fraction of sp³-hybridized carbons (Fsp3) is 0.348. The molecule has 4 rings (SSSR count). The third kappa shape index (κ3) is 3.28. The first kappa shape index (κ1) is 19.2. The zero-order chi connectivity index (χ0) is 20.5. The van der Waals surface area contributed by atoms with Gasteiger partial charge in [-0.1, -0.05) is 0 Å². The molecule has 6 heteroatoms. The van der Waals surface area contributed by atoms with Crippen LogP contribution in [0.4, 0.5) is 0 Å². The molecule has 1 saturated heterocycles. The monoisotopic (exact) mass is 395 g/mol. The molecule has 0 N–H and O–H groups in total. The van der Waals surface area contributed by atoms with Gasteiger partial charge in [0.05, 0.1) is 27.4 Å². The fourth-order valence-electron chi connectivity index (χ4n) is 4.09. The van der Waals surface area contributed by atoms with E-state index in [0.29, 0.717) is 17.9 Å². The standard InChI is InChI=1S/C23H25NO5/c1-14-18-12-15(26-2)8-10-20(18)29-22(14)23(25)24-11-5-6-19(24)17-9-7-16(27-3)13-21(17)28-4/h7-10,12-13,19H,5-6,11H2,1-4H3. The second-order valence-electron chi connectivity index (χ2n) is 7.18. The predicted octanol–water partition coefficient (Wildman–Crippen LogP) is 4.74. The first-order valence-electron chi connectivity index (χ1n) is 9.67. The molecule has 2 heterocycles. The molecule has 0 saturated carbocycles. The number of likely N-dealkylation sites (tertiary alicyclic amines) is 1. The smallest absolute Gasteiger partial charge is 0.290 e. The molecule has 1 aliphatic heterocycles. The molecule has 1 unspecified atom stereocenters. The predicted molar refractivity (Wildman–Crippen MR) is 110 cm³/mol. The SMILES string of the molecule is COc1ccc(C2CCCN2C(=O)c2oc3ccc(OC)cc3c2C)c(OC)c1. The van der Waals surface area contributed by atoms with Crippen molar-refractivity contribution in [1.82, 2.24) is 4.90 Å². The second-order valence-corrected chi connectivity index (χ2v) is 7.18. The zero-order valence-corrected chi connectivity index (χ0v) is 17.2. The molecule has 6 nitrogen and oxygen atoms in total. The van der Waals surface area contributed by atoms with Crippen LogP contribution in [0.1, 0.15) is 40.6 Å². The largest absolute Gasteiger partial charge is 0.497 e. The van der Waals surface area contributed by atoms with Crippen LogP contribution >= 0.6 is 0 Å². The lowest BCUT2D eigenvalue weighted by Crippen LogP contribution is -2.30. The summed E-state index contributed by atoms with van der Waals surface area (Å²) >= 11 is 0. The molecule has 3 aromatic rings. The van der Waals surface area contributed by atoms with Crippen LogP contribution in [0.2, 0.25) is 0 Å². The first-order valence-corrected chi connectivity index (χ1v) is 9.67. The average Bonchev–Trinajstić information content (AvgIpc) is 3.37. The van der Waals surface area contributed by atoms with Crippen LogP contribution < -0.4 is 14.2 Å². The van der Waals surface area contributed by atoms with Crippen molar-refractivity contribution in [3.63, 3.8) is 0 Å². The molecule has 1 fully saturated rings.